The summed E-state index contributed by atoms with van der Waals surface area (Å²) in [5, 5.41) is 2.32. The van der Waals surface area contributed by atoms with Gasteiger partial charge < -0.3 is 4.57 Å². The second-order valence-corrected chi connectivity index (χ2v) is 9.47. The summed E-state index contributed by atoms with van der Waals surface area (Å²) in [5.41, 5.74) is 9.30. The molecule has 0 spiro atoms. The van der Waals surface area contributed by atoms with E-state index in [1.807, 2.05) is 24.5 Å². The van der Waals surface area contributed by atoms with Crippen LogP contribution in [0.5, 0.6) is 0 Å². The van der Waals surface area contributed by atoms with E-state index in [9.17, 15) is 0 Å². The Labute approximate surface area is 220 Å². The SMILES string of the molecule is Cc1ccc(-c2ncc(-n3c4ccccc4c4cc(-c5ccccc5)nc(-c5ccccc5)c43)cn2)cc1. The Bertz CT molecular complexity index is 1890. The van der Waals surface area contributed by atoms with E-state index in [0.717, 1.165) is 50.2 Å². The van der Waals surface area contributed by atoms with Gasteiger partial charge in [0.1, 0.15) is 0 Å². The van der Waals surface area contributed by atoms with Crippen molar-refractivity contribution in [1.29, 1.82) is 0 Å². The molecule has 4 aromatic carbocycles. The van der Waals surface area contributed by atoms with Crippen LogP contribution in [-0.2, 0) is 0 Å². The van der Waals surface area contributed by atoms with Crippen molar-refractivity contribution >= 4 is 21.8 Å². The van der Waals surface area contributed by atoms with Gasteiger partial charge in [-0.05, 0) is 19.1 Å². The van der Waals surface area contributed by atoms with Gasteiger partial charge in [-0.2, -0.15) is 0 Å². The van der Waals surface area contributed by atoms with Crippen molar-refractivity contribution in [3.8, 4) is 39.6 Å². The monoisotopic (exact) mass is 488 g/mol. The molecule has 7 rings (SSSR count). The highest BCUT2D eigenvalue weighted by atomic mass is 15.0. The number of aryl methyl sites for hydroxylation is 1. The number of fused-ring (bicyclic) bond motifs is 3. The summed E-state index contributed by atoms with van der Waals surface area (Å²) in [6.07, 6.45) is 3.82. The fraction of sp³-hybridized carbons (Fsp3) is 0.0294. The second kappa shape index (κ2) is 9.09. The summed E-state index contributed by atoms with van der Waals surface area (Å²) in [4.78, 5) is 14.8. The highest BCUT2D eigenvalue weighted by Crippen LogP contribution is 2.39. The fourth-order valence-electron chi connectivity index (χ4n) is 5.10. The fourth-order valence-corrected chi connectivity index (χ4v) is 5.10. The van der Waals surface area contributed by atoms with Gasteiger partial charge in [0.2, 0.25) is 0 Å². The summed E-state index contributed by atoms with van der Waals surface area (Å²) < 4.78 is 2.24. The summed E-state index contributed by atoms with van der Waals surface area (Å²) in [6.45, 7) is 2.08. The summed E-state index contributed by atoms with van der Waals surface area (Å²) >= 11 is 0. The molecule has 180 valence electrons. The molecule has 4 nitrogen and oxygen atoms in total. The number of benzene rings is 4. The van der Waals surface area contributed by atoms with E-state index >= 15 is 0 Å². The number of aromatic nitrogens is 4. The van der Waals surface area contributed by atoms with Crippen LogP contribution in [0.3, 0.4) is 0 Å². The Morgan fingerprint density at radius 1 is 0.579 bits per heavy atom. The average molecular weight is 489 g/mol. The molecular formula is C34H24N4. The Balaban J connectivity index is 1.51. The zero-order chi connectivity index (χ0) is 25.5. The summed E-state index contributed by atoms with van der Waals surface area (Å²) in [5.74, 6) is 0.710. The third-order valence-electron chi connectivity index (χ3n) is 6.97. The molecule has 0 aliphatic heterocycles. The number of nitrogens with zero attached hydrogens (tertiary/aromatic N) is 4. The van der Waals surface area contributed by atoms with Crippen LogP contribution in [0.2, 0.25) is 0 Å². The normalized spacial score (nSPS) is 11.3. The van der Waals surface area contributed by atoms with E-state index < -0.39 is 0 Å². The molecule has 0 N–H and O–H groups in total. The summed E-state index contributed by atoms with van der Waals surface area (Å²) in [7, 11) is 0. The Kier molecular flexibility index (Phi) is 5.30. The number of pyridine rings is 1. The first-order chi connectivity index (χ1) is 18.8. The zero-order valence-corrected chi connectivity index (χ0v) is 20.9. The molecule has 0 unspecified atom stereocenters. The highest BCUT2D eigenvalue weighted by Gasteiger charge is 2.20. The molecule has 0 amide bonds. The standard InChI is InChI=1S/C34H24N4/c1-23-16-18-26(19-17-23)34-35-21-27(22-36-34)38-31-15-9-8-14-28(31)29-20-30(24-10-4-2-5-11-24)37-32(33(29)38)25-12-6-3-7-13-25/h2-22H,1H3. The molecule has 0 radical (unpaired) electrons. The first-order valence-electron chi connectivity index (χ1n) is 12.7. The predicted molar refractivity (Wildman–Crippen MR) is 155 cm³/mol. The van der Waals surface area contributed by atoms with Gasteiger partial charge in [-0.15, -0.1) is 0 Å². The number of hydrogen-bond donors (Lipinski definition) is 0. The Morgan fingerprint density at radius 3 is 1.92 bits per heavy atom. The molecule has 0 atom stereocenters. The molecule has 3 heterocycles. The Hall–Kier alpha value is -5.09. The van der Waals surface area contributed by atoms with Crippen LogP contribution in [0.15, 0.2) is 128 Å². The van der Waals surface area contributed by atoms with Crippen molar-refractivity contribution in [1.82, 2.24) is 19.5 Å². The van der Waals surface area contributed by atoms with Crippen LogP contribution in [-0.4, -0.2) is 19.5 Å². The minimum Gasteiger partial charge on any atom is -0.304 e. The maximum atomic E-state index is 5.23. The van der Waals surface area contributed by atoms with E-state index in [1.165, 1.54) is 10.9 Å². The minimum atomic E-state index is 0.710. The van der Waals surface area contributed by atoms with Crippen molar-refractivity contribution < 1.29 is 0 Å². The molecule has 0 saturated carbocycles. The third-order valence-corrected chi connectivity index (χ3v) is 6.97. The number of para-hydroxylation sites is 1. The van der Waals surface area contributed by atoms with Crippen LogP contribution in [0.25, 0.3) is 61.4 Å². The topological polar surface area (TPSA) is 43.6 Å². The lowest BCUT2D eigenvalue weighted by Crippen LogP contribution is -2.00. The molecule has 3 aromatic heterocycles. The van der Waals surface area contributed by atoms with Gasteiger partial charge in [-0.1, -0.05) is 109 Å². The first kappa shape index (κ1) is 22.1. The lowest BCUT2D eigenvalue weighted by atomic mass is 10.0. The van der Waals surface area contributed by atoms with Crippen molar-refractivity contribution in [2.75, 3.05) is 0 Å². The van der Waals surface area contributed by atoms with Gasteiger partial charge in [0.25, 0.3) is 0 Å². The maximum absolute atomic E-state index is 5.23. The molecule has 0 bridgehead atoms. The van der Waals surface area contributed by atoms with Crippen LogP contribution in [0.1, 0.15) is 5.56 Å². The van der Waals surface area contributed by atoms with E-state index in [1.54, 1.807) is 0 Å². The quantitative estimate of drug-likeness (QED) is 0.250. The zero-order valence-electron chi connectivity index (χ0n) is 20.9. The van der Waals surface area contributed by atoms with Crippen molar-refractivity contribution in [2.45, 2.75) is 6.92 Å². The minimum absolute atomic E-state index is 0.710. The molecule has 4 heteroatoms. The largest absolute Gasteiger partial charge is 0.304 e. The average Bonchev–Trinajstić information content (AvgIpc) is 3.32. The first-order valence-corrected chi connectivity index (χ1v) is 12.7. The Morgan fingerprint density at radius 2 is 1.21 bits per heavy atom. The van der Waals surface area contributed by atoms with E-state index in [2.05, 4.69) is 115 Å². The smallest absolute Gasteiger partial charge is 0.159 e. The third kappa shape index (κ3) is 3.75. The van der Waals surface area contributed by atoms with Gasteiger partial charge in [0.05, 0.1) is 40.5 Å². The maximum Gasteiger partial charge on any atom is 0.159 e. The van der Waals surface area contributed by atoms with Gasteiger partial charge >= 0.3 is 0 Å². The van der Waals surface area contributed by atoms with Crippen LogP contribution >= 0.6 is 0 Å². The van der Waals surface area contributed by atoms with Crippen molar-refractivity contribution in [2.24, 2.45) is 0 Å². The van der Waals surface area contributed by atoms with Gasteiger partial charge in [0.15, 0.2) is 5.82 Å². The highest BCUT2D eigenvalue weighted by molar-refractivity contribution is 6.14. The molecule has 38 heavy (non-hydrogen) atoms. The predicted octanol–water partition coefficient (Wildman–Crippen LogP) is 8.28. The number of rotatable bonds is 4. The van der Waals surface area contributed by atoms with Gasteiger partial charge in [0, 0.05) is 27.5 Å². The molecular weight excluding hydrogens is 464 g/mol. The van der Waals surface area contributed by atoms with E-state index in [-0.39, 0.29) is 0 Å². The van der Waals surface area contributed by atoms with Gasteiger partial charge in [-0.3, -0.25) is 0 Å². The molecule has 0 aliphatic rings. The van der Waals surface area contributed by atoms with Gasteiger partial charge in [-0.25, -0.2) is 15.0 Å². The lowest BCUT2D eigenvalue weighted by molar-refractivity contribution is 1.08. The van der Waals surface area contributed by atoms with E-state index in [0.29, 0.717) is 5.82 Å². The van der Waals surface area contributed by atoms with Crippen molar-refractivity contribution in [3.63, 3.8) is 0 Å². The van der Waals surface area contributed by atoms with Crippen LogP contribution in [0, 0.1) is 6.92 Å². The molecule has 0 aliphatic carbocycles. The molecule has 0 fully saturated rings. The number of hydrogen-bond acceptors (Lipinski definition) is 3. The van der Waals surface area contributed by atoms with Crippen LogP contribution in [0.4, 0.5) is 0 Å². The van der Waals surface area contributed by atoms with Crippen molar-refractivity contribution in [3.05, 3.63) is 133 Å². The molecule has 7 aromatic rings. The molecule has 0 saturated heterocycles. The lowest BCUT2D eigenvalue weighted by Gasteiger charge is -2.13. The second-order valence-electron chi connectivity index (χ2n) is 9.47. The summed E-state index contributed by atoms with van der Waals surface area (Å²) in [6, 6.07) is 39.8. The van der Waals surface area contributed by atoms with Crippen LogP contribution < -0.4 is 0 Å². The van der Waals surface area contributed by atoms with E-state index in [4.69, 9.17) is 15.0 Å².